The Morgan fingerprint density at radius 1 is 0.490 bits per heavy atom. The molecule has 7 aromatic carbocycles. The quantitative estimate of drug-likeness (QED) is 0.189. The standard InChI is InChI=1S/C48H32N2O/c1-2-12-35(13-3-1)49-44-19-8-5-16-38(44)42-28-32(23-26-45(42)49)33-21-24-39-37-15-4-7-18-43(37)50(46(39)29-33)36-14-10-11-31(27-36)34-22-25-41-40-17-6-9-20-47(40)51-48(41)30-34/h1-17,19-30,43H,18H2. The van der Waals surface area contributed by atoms with Crippen molar-refractivity contribution in [3.63, 3.8) is 0 Å². The van der Waals surface area contributed by atoms with Gasteiger partial charge in [0, 0.05) is 44.2 Å². The zero-order valence-corrected chi connectivity index (χ0v) is 27.8. The van der Waals surface area contributed by atoms with Gasteiger partial charge in [-0.05, 0) is 101 Å². The first-order chi connectivity index (χ1) is 25.3. The summed E-state index contributed by atoms with van der Waals surface area (Å²) in [7, 11) is 0. The van der Waals surface area contributed by atoms with Crippen LogP contribution in [-0.4, -0.2) is 10.6 Å². The van der Waals surface area contributed by atoms with Crippen molar-refractivity contribution in [2.45, 2.75) is 12.5 Å². The lowest BCUT2D eigenvalue weighted by Gasteiger charge is -2.29. The molecule has 2 aliphatic rings. The van der Waals surface area contributed by atoms with Gasteiger partial charge in [-0.25, -0.2) is 0 Å². The van der Waals surface area contributed by atoms with E-state index < -0.39 is 0 Å². The number of hydrogen-bond donors (Lipinski definition) is 0. The van der Waals surface area contributed by atoms with Gasteiger partial charge in [0.15, 0.2) is 0 Å². The first kappa shape index (κ1) is 28.3. The maximum absolute atomic E-state index is 6.26. The second-order valence-corrected chi connectivity index (χ2v) is 13.7. The molecule has 0 spiro atoms. The van der Waals surface area contributed by atoms with Crippen LogP contribution in [0.2, 0.25) is 0 Å². The minimum Gasteiger partial charge on any atom is -0.456 e. The van der Waals surface area contributed by atoms with Gasteiger partial charge in [-0.3, -0.25) is 0 Å². The fourth-order valence-corrected chi connectivity index (χ4v) is 8.52. The minimum absolute atomic E-state index is 0.250. The highest BCUT2D eigenvalue weighted by atomic mass is 16.3. The molecule has 1 aliphatic carbocycles. The zero-order valence-electron chi connectivity index (χ0n) is 27.8. The van der Waals surface area contributed by atoms with Gasteiger partial charge in [0.2, 0.25) is 0 Å². The Morgan fingerprint density at radius 3 is 2.14 bits per heavy atom. The van der Waals surface area contributed by atoms with E-state index in [0.29, 0.717) is 0 Å². The average Bonchev–Trinajstić information content (AvgIpc) is 3.85. The predicted molar refractivity (Wildman–Crippen MR) is 213 cm³/mol. The van der Waals surface area contributed by atoms with Gasteiger partial charge >= 0.3 is 0 Å². The number of benzene rings is 7. The molecule has 1 unspecified atom stereocenters. The highest BCUT2D eigenvalue weighted by Crippen LogP contribution is 2.49. The third kappa shape index (κ3) is 4.31. The smallest absolute Gasteiger partial charge is 0.136 e. The SMILES string of the molecule is C1=CCC2C(=C1)c1ccc(-c3ccc4c(c3)c3ccccc3n4-c3ccccc3)cc1N2c1cccc(-c2ccc3c(c2)oc2ccccc23)c1. The number of aromatic nitrogens is 1. The Bertz CT molecular complexity index is 2900. The third-order valence-corrected chi connectivity index (χ3v) is 10.9. The van der Waals surface area contributed by atoms with Crippen LogP contribution in [0, 0.1) is 0 Å². The monoisotopic (exact) mass is 652 g/mol. The van der Waals surface area contributed by atoms with Crippen LogP contribution in [0.5, 0.6) is 0 Å². The van der Waals surface area contributed by atoms with Crippen molar-refractivity contribution in [2.75, 3.05) is 4.90 Å². The molecule has 0 N–H and O–H groups in total. The Kier molecular flexibility index (Phi) is 6.08. The van der Waals surface area contributed by atoms with Gasteiger partial charge in [0.25, 0.3) is 0 Å². The Morgan fingerprint density at radius 2 is 1.20 bits per heavy atom. The maximum atomic E-state index is 6.26. The first-order valence-electron chi connectivity index (χ1n) is 17.7. The largest absolute Gasteiger partial charge is 0.456 e. The Labute approximate surface area is 295 Å². The van der Waals surface area contributed by atoms with Crippen LogP contribution >= 0.6 is 0 Å². The van der Waals surface area contributed by atoms with E-state index in [1.165, 1.54) is 66.7 Å². The molecule has 51 heavy (non-hydrogen) atoms. The zero-order chi connectivity index (χ0) is 33.5. The van der Waals surface area contributed by atoms with E-state index in [0.717, 1.165) is 33.9 Å². The van der Waals surface area contributed by atoms with E-state index in [2.05, 4.69) is 173 Å². The summed E-state index contributed by atoms with van der Waals surface area (Å²) in [6.07, 6.45) is 7.78. The second kappa shape index (κ2) is 11.0. The molecule has 240 valence electrons. The normalized spacial score (nSPS) is 15.2. The van der Waals surface area contributed by atoms with Gasteiger partial charge in [-0.15, -0.1) is 0 Å². The summed E-state index contributed by atoms with van der Waals surface area (Å²) in [5.41, 5.74) is 15.4. The van der Waals surface area contributed by atoms with Crippen molar-refractivity contribution in [1.29, 1.82) is 0 Å². The number of hydrogen-bond acceptors (Lipinski definition) is 2. The van der Waals surface area contributed by atoms with Crippen LogP contribution in [0.3, 0.4) is 0 Å². The molecule has 3 heterocycles. The highest BCUT2D eigenvalue weighted by molar-refractivity contribution is 6.11. The summed E-state index contributed by atoms with van der Waals surface area (Å²) >= 11 is 0. The molecule has 0 bridgehead atoms. The van der Waals surface area contributed by atoms with Gasteiger partial charge in [-0.1, -0.05) is 109 Å². The van der Waals surface area contributed by atoms with Crippen LogP contribution < -0.4 is 4.90 Å². The number of nitrogens with zero attached hydrogens (tertiary/aromatic N) is 2. The number of para-hydroxylation sites is 3. The molecule has 1 aliphatic heterocycles. The highest BCUT2D eigenvalue weighted by Gasteiger charge is 2.35. The van der Waals surface area contributed by atoms with Gasteiger partial charge < -0.3 is 13.9 Å². The lowest BCUT2D eigenvalue weighted by Crippen LogP contribution is -2.27. The molecule has 0 radical (unpaired) electrons. The van der Waals surface area contributed by atoms with Crippen molar-refractivity contribution in [3.8, 4) is 27.9 Å². The van der Waals surface area contributed by atoms with E-state index in [1.807, 2.05) is 12.1 Å². The Hall–Kier alpha value is -6.58. The molecule has 3 nitrogen and oxygen atoms in total. The van der Waals surface area contributed by atoms with Crippen molar-refractivity contribution in [1.82, 2.24) is 4.57 Å². The summed E-state index contributed by atoms with van der Waals surface area (Å²) in [6.45, 7) is 0. The molecule has 3 heteroatoms. The van der Waals surface area contributed by atoms with Gasteiger partial charge in [-0.2, -0.15) is 0 Å². The van der Waals surface area contributed by atoms with Crippen LogP contribution in [0.25, 0.3) is 77.3 Å². The molecule has 9 aromatic rings. The maximum Gasteiger partial charge on any atom is 0.136 e. The number of anilines is 2. The second-order valence-electron chi connectivity index (χ2n) is 13.7. The van der Waals surface area contributed by atoms with E-state index in [4.69, 9.17) is 4.42 Å². The summed E-state index contributed by atoms with van der Waals surface area (Å²) < 4.78 is 8.64. The fourth-order valence-electron chi connectivity index (χ4n) is 8.52. The molecule has 0 saturated heterocycles. The summed E-state index contributed by atoms with van der Waals surface area (Å²) in [6, 6.07) is 57.5. The molecular formula is C48H32N2O. The van der Waals surface area contributed by atoms with E-state index >= 15 is 0 Å². The molecule has 11 rings (SSSR count). The van der Waals surface area contributed by atoms with Crippen LogP contribution in [0.15, 0.2) is 180 Å². The fraction of sp³-hybridized carbons (Fsp3) is 0.0417. The van der Waals surface area contributed by atoms with E-state index in [1.54, 1.807) is 0 Å². The van der Waals surface area contributed by atoms with Gasteiger partial charge in [0.05, 0.1) is 17.1 Å². The van der Waals surface area contributed by atoms with Crippen molar-refractivity contribution < 1.29 is 4.42 Å². The summed E-state index contributed by atoms with van der Waals surface area (Å²) in [4.78, 5) is 2.55. The first-order valence-corrected chi connectivity index (χ1v) is 17.7. The Balaban J connectivity index is 1.03. The molecule has 0 fully saturated rings. The summed E-state index contributed by atoms with van der Waals surface area (Å²) in [5.74, 6) is 0. The van der Waals surface area contributed by atoms with Crippen molar-refractivity contribution >= 4 is 60.7 Å². The average molecular weight is 653 g/mol. The van der Waals surface area contributed by atoms with Crippen LogP contribution in [0.4, 0.5) is 11.4 Å². The number of furan rings is 1. The molecule has 1 atom stereocenters. The third-order valence-electron chi connectivity index (χ3n) is 10.9. The number of allylic oxidation sites excluding steroid dienone is 2. The minimum atomic E-state index is 0.250. The van der Waals surface area contributed by atoms with Crippen molar-refractivity contribution in [3.05, 3.63) is 182 Å². The van der Waals surface area contributed by atoms with E-state index in [-0.39, 0.29) is 6.04 Å². The van der Waals surface area contributed by atoms with Crippen LogP contribution in [-0.2, 0) is 0 Å². The molecule has 0 amide bonds. The topological polar surface area (TPSA) is 21.3 Å². The number of rotatable bonds is 4. The molecule has 0 saturated carbocycles. The van der Waals surface area contributed by atoms with Crippen LogP contribution in [0.1, 0.15) is 12.0 Å². The lowest BCUT2D eigenvalue weighted by molar-refractivity contribution is 0.669. The summed E-state index contributed by atoms with van der Waals surface area (Å²) in [5, 5.41) is 4.83. The molecular weight excluding hydrogens is 621 g/mol. The van der Waals surface area contributed by atoms with Crippen molar-refractivity contribution in [2.24, 2.45) is 0 Å². The lowest BCUT2D eigenvalue weighted by atomic mass is 9.94. The molecule has 2 aromatic heterocycles. The van der Waals surface area contributed by atoms with Gasteiger partial charge in [0.1, 0.15) is 11.2 Å². The number of fused-ring (bicyclic) bond motifs is 9. The predicted octanol–water partition coefficient (Wildman–Crippen LogP) is 12.9. The van der Waals surface area contributed by atoms with E-state index in [9.17, 15) is 0 Å².